The predicted molar refractivity (Wildman–Crippen MR) is 72.1 cm³/mol. The summed E-state index contributed by atoms with van der Waals surface area (Å²) >= 11 is 0. The molecule has 1 aromatic rings. The Hall–Kier alpha value is -0.890. The molecule has 0 aromatic heterocycles. The predicted octanol–water partition coefficient (Wildman–Crippen LogP) is 3.85. The molecule has 0 spiro atoms. The zero-order valence-corrected chi connectivity index (χ0v) is 10.9. The number of benzene rings is 1. The van der Waals surface area contributed by atoms with Gasteiger partial charge in [-0.2, -0.15) is 0 Å². The Bertz CT molecular complexity index is 400. The van der Waals surface area contributed by atoms with Gasteiger partial charge in [-0.3, -0.25) is 0 Å². The molecule has 0 heterocycles. The van der Waals surface area contributed by atoms with Crippen molar-refractivity contribution in [2.24, 2.45) is 5.92 Å². The molecule has 2 aliphatic carbocycles. The van der Waals surface area contributed by atoms with Crippen molar-refractivity contribution in [2.45, 2.75) is 50.5 Å². The van der Waals surface area contributed by atoms with E-state index in [9.17, 15) is 4.39 Å². The van der Waals surface area contributed by atoms with Gasteiger partial charge in [0.15, 0.2) is 0 Å². The third-order valence-corrected chi connectivity index (χ3v) is 4.46. The largest absolute Gasteiger partial charge is 0.314 e. The lowest BCUT2D eigenvalue weighted by Crippen LogP contribution is -2.31. The Morgan fingerprint density at radius 3 is 2.61 bits per heavy atom. The minimum atomic E-state index is -0.0131. The maximum absolute atomic E-state index is 13.9. The van der Waals surface area contributed by atoms with Gasteiger partial charge < -0.3 is 5.32 Å². The van der Waals surface area contributed by atoms with Crippen LogP contribution in [0.25, 0.3) is 0 Å². The number of hydrogen-bond donors (Lipinski definition) is 1. The lowest BCUT2D eigenvalue weighted by atomic mass is 9.75. The van der Waals surface area contributed by atoms with E-state index in [1.165, 1.54) is 32.1 Å². The summed E-state index contributed by atoms with van der Waals surface area (Å²) in [7, 11) is 0. The van der Waals surface area contributed by atoms with Crippen LogP contribution in [0, 0.1) is 11.7 Å². The van der Waals surface area contributed by atoms with Crippen molar-refractivity contribution < 1.29 is 4.39 Å². The van der Waals surface area contributed by atoms with Gasteiger partial charge in [-0.15, -0.1) is 0 Å². The highest BCUT2D eigenvalue weighted by atomic mass is 19.1. The molecule has 18 heavy (non-hydrogen) atoms. The van der Waals surface area contributed by atoms with E-state index in [0.717, 1.165) is 24.6 Å². The van der Waals surface area contributed by atoms with Crippen LogP contribution in [0.3, 0.4) is 0 Å². The highest BCUT2D eigenvalue weighted by Crippen LogP contribution is 2.38. The minimum Gasteiger partial charge on any atom is -0.314 e. The maximum Gasteiger partial charge on any atom is 0.126 e. The first-order valence-electron chi connectivity index (χ1n) is 7.32. The lowest BCUT2D eigenvalue weighted by molar-refractivity contribution is 0.289. The lowest BCUT2D eigenvalue weighted by Gasteiger charge is -2.32. The van der Waals surface area contributed by atoms with Gasteiger partial charge in [-0.05, 0) is 55.7 Å². The highest BCUT2D eigenvalue weighted by molar-refractivity contribution is 5.23. The standard InChI is InChI=1S/C16H22FN/c17-16-8-4-3-7-15(16)14-6-2-1-5-12(14)11-18-13-9-10-13/h3-4,7-8,12-14,18H,1-2,5-6,9-11H2. The second kappa shape index (κ2) is 5.40. The maximum atomic E-state index is 13.9. The van der Waals surface area contributed by atoms with E-state index in [0.29, 0.717) is 11.8 Å². The van der Waals surface area contributed by atoms with Crippen LogP contribution in [0.4, 0.5) is 4.39 Å². The van der Waals surface area contributed by atoms with Crippen LogP contribution >= 0.6 is 0 Å². The zero-order valence-electron chi connectivity index (χ0n) is 10.9. The van der Waals surface area contributed by atoms with Gasteiger partial charge >= 0.3 is 0 Å². The summed E-state index contributed by atoms with van der Waals surface area (Å²) in [6.07, 6.45) is 7.62. The van der Waals surface area contributed by atoms with Gasteiger partial charge in [-0.1, -0.05) is 31.0 Å². The van der Waals surface area contributed by atoms with Crippen molar-refractivity contribution in [1.82, 2.24) is 5.32 Å². The molecule has 0 radical (unpaired) electrons. The van der Waals surface area contributed by atoms with Crippen molar-refractivity contribution in [3.05, 3.63) is 35.6 Å². The fourth-order valence-electron chi connectivity index (χ4n) is 3.24. The molecule has 1 aromatic carbocycles. The molecule has 2 heteroatoms. The first kappa shape index (κ1) is 12.2. The summed E-state index contributed by atoms with van der Waals surface area (Å²) in [5.41, 5.74) is 0.944. The van der Waals surface area contributed by atoms with Crippen molar-refractivity contribution in [1.29, 1.82) is 0 Å². The normalized spacial score (nSPS) is 28.3. The Morgan fingerprint density at radius 2 is 1.83 bits per heavy atom. The first-order chi connectivity index (χ1) is 8.84. The van der Waals surface area contributed by atoms with Gasteiger partial charge in [0.25, 0.3) is 0 Å². The second-order valence-corrected chi connectivity index (χ2v) is 5.86. The molecule has 98 valence electrons. The molecule has 2 aliphatic rings. The van der Waals surface area contributed by atoms with Crippen LogP contribution in [0.15, 0.2) is 24.3 Å². The van der Waals surface area contributed by atoms with Crippen LogP contribution in [0.2, 0.25) is 0 Å². The average Bonchev–Trinajstić information content (AvgIpc) is 3.22. The Labute approximate surface area is 109 Å². The molecule has 0 aliphatic heterocycles. The van der Waals surface area contributed by atoms with Crippen molar-refractivity contribution in [3.8, 4) is 0 Å². The van der Waals surface area contributed by atoms with Gasteiger partial charge in [0.05, 0.1) is 0 Å². The molecule has 1 N–H and O–H groups in total. The number of hydrogen-bond acceptors (Lipinski definition) is 1. The zero-order chi connectivity index (χ0) is 12.4. The highest BCUT2D eigenvalue weighted by Gasteiger charge is 2.30. The summed E-state index contributed by atoms with van der Waals surface area (Å²) in [6.45, 7) is 1.07. The van der Waals surface area contributed by atoms with Crippen LogP contribution in [0.1, 0.15) is 50.0 Å². The topological polar surface area (TPSA) is 12.0 Å². The van der Waals surface area contributed by atoms with E-state index >= 15 is 0 Å². The molecule has 2 saturated carbocycles. The molecule has 1 nitrogen and oxygen atoms in total. The van der Waals surface area contributed by atoms with Crippen LogP contribution < -0.4 is 5.32 Å². The molecular weight excluding hydrogens is 225 g/mol. The third kappa shape index (κ3) is 2.74. The summed E-state index contributed by atoms with van der Waals surface area (Å²) in [5.74, 6) is 1.03. The molecule has 2 unspecified atom stereocenters. The minimum absolute atomic E-state index is 0.0131. The fourth-order valence-corrected chi connectivity index (χ4v) is 3.24. The number of nitrogens with one attached hydrogen (secondary N) is 1. The van der Waals surface area contributed by atoms with Crippen molar-refractivity contribution >= 4 is 0 Å². The smallest absolute Gasteiger partial charge is 0.126 e. The first-order valence-corrected chi connectivity index (χ1v) is 7.32. The second-order valence-electron chi connectivity index (χ2n) is 5.86. The molecule has 2 fully saturated rings. The number of halogens is 1. The Kier molecular flexibility index (Phi) is 3.64. The Balaban J connectivity index is 1.71. The third-order valence-electron chi connectivity index (χ3n) is 4.46. The van der Waals surface area contributed by atoms with Crippen molar-refractivity contribution in [3.63, 3.8) is 0 Å². The summed E-state index contributed by atoms with van der Waals surface area (Å²) in [6, 6.07) is 8.11. The monoisotopic (exact) mass is 247 g/mol. The van der Waals surface area contributed by atoms with E-state index in [1.54, 1.807) is 12.1 Å². The van der Waals surface area contributed by atoms with Gasteiger partial charge in [-0.25, -0.2) is 4.39 Å². The summed E-state index contributed by atoms with van der Waals surface area (Å²) < 4.78 is 13.9. The average molecular weight is 247 g/mol. The quantitative estimate of drug-likeness (QED) is 0.852. The molecule has 0 amide bonds. The van der Waals surface area contributed by atoms with Crippen LogP contribution in [0.5, 0.6) is 0 Å². The molecule has 3 rings (SSSR count). The van der Waals surface area contributed by atoms with Crippen molar-refractivity contribution in [2.75, 3.05) is 6.54 Å². The van der Waals surface area contributed by atoms with Crippen LogP contribution in [-0.2, 0) is 0 Å². The summed E-state index contributed by atoms with van der Waals surface area (Å²) in [4.78, 5) is 0. The SMILES string of the molecule is Fc1ccccc1C1CCCCC1CNC1CC1. The van der Waals surface area contributed by atoms with Gasteiger partial charge in [0, 0.05) is 6.04 Å². The molecule has 2 atom stereocenters. The molecular formula is C16H22FN. The van der Waals surface area contributed by atoms with E-state index in [4.69, 9.17) is 0 Å². The fraction of sp³-hybridized carbons (Fsp3) is 0.625. The van der Waals surface area contributed by atoms with E-state index in [1.807, 2.05) is 12.1 Å². The van der Waals surface area contributed by atoms with Crippen LogP contribution in [-0.4, -0.2) is 12.6 Å². The molecule has 0 bridgehead atoms. The van der Waals surface area contributed by atoms with E-state index in [-0.39, 0.29) is 5.82 Å². The van der Waals surface area contributed by atoms with Gasteiger partial charge in [0.2, 0.25) is 0 Å². The van der Waals surface area contributed by atoms with Gasteiger partial charge in [0.1, 0.15) is 5.82 Å². The van der Waals surface area contributed by atoms with E-state index in [2.05, 4.69) is 5.32 Å². The number of rotatable bonds is 4. The molecule has 0 saturated heterocycles. The summed E-state index contributed by atoms with van der Waals surface area (Å²) in [5, 5.41) is 3.62. The van der Waals surface area contributed by atoms with E-state index < -0.39 is 0 Å². The Morgan fingerprint density at radius 1 is 1.06 bits per heavy atom.